The van der Waals surface area contributed by atoms with E-state index in [1.807, 2.05) is 41.4 Å². The van der Waals surface area contributed by atoms with Gasteiger partial charge in [0, 0.05) is 37.8 Å². The lowest BCUT2D eigenvalue weighted by molar-refractivity contribution is -0.146. The molecule has 0 bridgehead atoms. The molecular weight excluding hydrogens is 440 g/mol. The molecule has 6 nitrogen and oxygen atoms in total. The standard InChI is InChI=1S/C29H38N2O4/c1-2-22-5-8-25(30-21-22)11-18-35-26-9-6-23(7-10-26)19-24(28(33)34)20-27(32)31-16-14-29(15-17-31)12-3-4-13-29/h5-10,21,24H,2-4,11-20H2,1H3,(H,33,34). The third-order valence-electron chi connectivity index (χ3n) is 7.94. The van der Waals surface area contributed by atoms with E-state index in [4.69, 9.17) is 4.74 Å². The predicted molar refractivity (Wildman–Crippen MR) is 135 cm³/mol. The molecule has 35 heavy (non-hydrogen) atoms. The number of benzene rings is 1. The van der Waals surface area contributed by atoms with Crippen LogP contribution in [0.5, 0.6) is 5.75 Å². The molecule has 188 valence electrons. The summed E-state index contributed by atoms with van der Waals surface area (Å²) in [6.07, 6.45) is 11.3. The number of likely N-dealkylation sites (tertiary alicyclic amines) is 1. The first-order chi connectivity index (χ1) is 17.0. The second kappa shape index (κ2) is 11.7. The number of carboxylic acids is 1. The smallest absolute Gasteiger partial charge is 0.307 e. The van der Waals surface area contributed by atoms with Crippen molar-refractivity contribution in [3.8, 4) is 5.75 Å². The summed E-state index contributed by atoms with van der Waals surface area (Å²) < 4.78 is 5.84. The Hall–Kier alpha value is -2.89. The molecule has 0 radical (unpaired) electrons. The Morgan fingerprint density at radius 1 is 1.03 bits per heavy atom. The van der Waals surface area contributed by atoms with Crippen LogP contribution in [-0.2, 0) is 28.9 Å². The number of aromatic nitrogens is 1. The predicted octanol–water partition coefficient (Wildman–Crippen LogP) is 5.08. The van der Waals surface area contributed by atoms with E-state index in [2.05, 4.69) is 18.0 Å². The van der Waals surface area contributed by atoms with Crippen molar-refractivity contribution in [1.82, 2.24) is 9.88 Å². The van der Waals surface area contributed by atoms with Crippen molar-refractivity contribution in [2.75, 3.05) is 19.7 Å². The lowest BCUT2D eigenvalue weighted by Gasteiger charge is -2.39. The van der Waals surface area contributed by atoms with E-state index in [0.29, 0.717) is 18.4 Å². The molecule has 1 aliphatic carbocycles. The van der Waals surface area contributed by atoms with Crippen LogP contribution < -0.4 is 4.74 Å². The van der Waals surface area contributed by atoms with Crippen LogP contribution in [0.1, 0.15) is 68.7 Å². The van der Waals surface area contributed by atoms with Crippen molar-refractivity contribution in [3.05, 3.63) is 59.4 Å². The third-order valence-corrected chi connectivity index (χ3v) is 7.94. The lowest BCUT2D eigenvalue weighted by Crippen LogP contribution is -2.43. The SMILES string of the molecule is CCc1ccc(CCOc2ccc(CC(CC(=O)N3CCC4(CCCC4)CC3)C(=O)O)cc2)nc1. The highest BCUT2D eigenvalue weighted by atomic mass is 16.5. The molecule has 1 N–H and O–H groups in total. The zero-order chi connectivity index (χ0) is 24.7. The number of rotatable bonds is 10. The number of amides is 1. The highest BCUT2D eigenvalue weighted by molar-refractivity contribution is 5.82. The number of carbonyl (C=O) groups excluding carboxylic acids is 1. The number of nitrogens with zero attached hydrogens (tertiary/aromatic N) is 2. The highest BCUT2D eigenvalue weighted by Crippen LogP contribution is 2.46. The molecule has 6 heteroatoms. The lowest BCUT2D eigenvalue weighted by atomic mass is 9.77. The molecule has 2 heterocycles. The van der Waals surface area contributed by atoms with Crippen LogP contribution in [0.2, 0.25) is 0 Å². The zero-order valence-electron chi connectivity index (χ0n) is 20.9. The maximum Gasteiger partial charge on any atom is 0.307 e. The van der Waals surface area contributed by atoms with Crippen LogP contribution in [0, 0.1) is 11.3 Å². The third kappa shape index (κ3) is 6.83. The second-order valence-electron chi connectivity index (χ2n) is 10.3. The molecule has 2 aromatic rings. The number of ether oxygens (including phenoxy) is 1. The van der Waals surface area contributed by atoms with Gasteiger partial charge in [0.05, 0.1) is 12.5 Å². The van der Waals surface area contributed by atoms with Crippen molar-refractivity contribution in [1.29, 1.82) is 0 Å². The Morgan fingerprint density at radius 3 is 2.31 bits per heavy atom. The number of aliphatic carboxylic acids is 1. The Bertz CT molecular complexity index is 971. The van der Waals surface area contributed by atoms with Crippen molar-refractivity contribution in [3.63, 3.8) is 0 Å². The fourth-order valence-electron chi connectivity index (χ4n) is 5.53. The Balaban J connectivity index is 1.24. The first-order valence-corrected chi connectivity index (χ1v) is 13.1. The van der Waals surface area contributed by atoms with Gasteiger partial charge in [0.1, 0.15) is 5.75 Å². The van der Waals surface area contributed by atoms with Gasteiger partial charge in [-0.05, 0) is 73.3 Å². The quantitative estimate of drug-likeness (QED) is 0.515. The molecule has 1 spiro atoms. The van der Waals surface area contributed by atoms with E-state index >= 15 is 0 Å². The van der Waals surface area contributed by atoms with Gasteiger partial charge >= 0.3 is 5.97 Å². The van der Waals surface area contributed by atoms with Crippen LogP contribution in [0.15, 0.2) is 42.6 Å². The summed E-state index contributed by atoms with van der Waals surface area (Å²) in [4.78, 5) is 31.1. The Labute approximate surface area is 208 Å². The van der Waals surface area contributed by atoms with Crippen LogP contribution in [0.3, 0.4) is 0 Å². The Morgan fingerprint density at radius 2 is 1.71 bits per heavy atom. The molecule has 1 atom stereocenters. The minimum atomic E-state index is -0.912. The summed E-state index contributed by atoms with van der Waals surface area (Å²) >= 11 is 0. The van der Waals surface area contributed by atoms with Gasteiger partial charge in [0.2, 0.25) is 5.91 Å². The van der Waals surface area contributed by atoms with Crippen molar-refractivity contribution in [2.45, 2.75) is 71.1 Å². The van der Waals surface area contributed by atoms with Crippen molar-refractivity contribution >= 4 is 11.9 Å². The molecule has 1 saturated carbocycles. The average molecular weight is 479 g/mol. The second-order valence-corrected chi connectivity index (χ2v) is 10.3. The van der Waals surface area contributed by atoms with Crippen LogP contribution in [0.4, 0.5) is 0 Å². The van der Waals surface area contributed by atoms with Crippen LogP contribution in [0.25, 0.3) is 0 Å². The van der Waals surface area contributed by atoms with E-state index in [1.165, 1.54) is 31.2 Å². The summed E-state index contributed by atoms with van der Waals surface area (Å²) in [7, 11) is 0. The number of carboxylic acid groups (broad SMARTS) is 1. The van der Waals surface area contributed by atoms with Gasteiger partial charge < -0.3 is 14.7 Å². The summed E-state index contributed by atoms with van der Waals surface area (Å²) in [5, 5.41) is 9.76. The minimum Gasteiger partial charge on any atom is -0.493 e. The van der Waals surface area contributed by atoms with Gasteiger partial charge in [-0.3, -0.25) is 14.6 Å². The zero-order valence-corrected chi connectivity index (χ0v) is 20.9. The summed E-state index contributed by atoms with van der Waals surface area (Å²) in [5.74, 6) is -0.903. The van der Waals surface area contributed by atoms with Gasteiger partial charge in [-0.25, -0.2) is 0 Å². The van der Waals surface area contributed by atoms with Gasteiger partial charge in [-0.2, -0.15) is 0 Å². The Kier molecular flexibility index (Phi) is 8.42. The van der Waals surface area contributed by atoms with Crippen LogP contribution in [-0.4, -0.2) is 46.6 Å². The number of hydrogen-bond donors (Lipinski definition) is 1. The van der Waals surface area contributed by atoms with E-state index in [9.17, 15) is 14.7 Å². The molecule has 1 amide bonds. The maximum absolute atomic E-state index is 12.9. The van der Waals surface area contributed by atoms with E-state index < -0.39 is 11.9 Å². The maximum atomic E-state index is 12.9. The fraction of sp³-hybridized carbons (Fsp3) is 0.552. The number of piperidine rings is 1. The topological polar surface area (TPSA) is 79.7 Å². The molecule has 1 aromatic heterocycles. The van der Waals surface area contributed by atoms with Gasteiger partial charge in [-0.15, -0.1) is 0 Å². The monoisotopic (exact) mass is 478 g/mol. The average Bonchev–Trinajstić information content (AvgIpc) is 3.33. The first kappa shape index (κ1) is 25.2. The molecule has 1 aromatic carbocycles. The van der Waals surface area contributed by atoms with E-state index in [-0.39, 0.29) is 12.3 Å². The molecule has 4 rings (SSSR count). The summed E-state index contributed by atoms with van der Waals surface area (Å²) in [5.41, 5.74) is 3.57. The number of hydrogen-bond acceptors (Lipinski definition) is 4. The molecule has 1 aliphatic heterocycles. The number of pyridine rings is 1. The summed E-state index contributed by atoms with van der Waals surface area (Å²) in [6, 6.07) is 11.7. The fourth-order valence-corrected chi connectivity index (χ4v) is 5.53. The molecule has 2 fully saturated rings. The van der Waals surface area contributed by atoms with Crippen LogP contribution >= 0.6 is 0 Å². The van der Waals surface area contributed by atoms with Gasteiger partial charge in [0.25, 0.3) is 0 Å². The van der Waals surface area contributed by atoms with E-state index in [0.717, 1.165) is 55.8 Å². The first-order valence-electron chi connectivity index (χ1n) is 13.1. The molecule has 1 unspecified atom stereocenters. The highest BCUT2D eigenvalue weighted by Gasteiger charge is 2.38. The van der Waals surface area contributed by atoms with Crippen molar-refractivity contribution in [2.24, 2.45) is 11.3 Å². The van der Waals surface area contributed by atoms with E-state index in [1.54, 1.807) is 0 Å². The van der Waals surface area contributed by atoms with Gasteiger partial charge in [0.15, 0.2) is 0 Å². The number of carbonyl (C=O) groups is 2. The van der Waals surface area contributed by atoms with Gasteiger partial charge in [-0.1, -0.05) is 38.0 Å². The molecule has 1 saturated heterocycles. The summed E-state index contributed by atoms with van der Waals surface area (Å²) in [6.45, 7) is 4.19. The van der Waals surface area contributed by atoms with Crippen molar-refractivity contribution < 1.29 is 19.4 Å². The number of aryl methyl sites for hydroxylation is 1. The molecular formula is C29H38N2O4. The molecule has 2 aliphatic rings. The normalized spacial score (nSPS) is 17.9. The largest absolute Gasteiger partial charge is 0.493 e. The minimum absolute atomic E-state index is 0.0224.